The lowest BCUT2D eigenvalue weighted by Gasteiger charge is -2.44. The first-order valence-electron chi connectivity index (χ1n) is 11.1. The zero-order valence-corrected chi connectivity index (χ0v) is 20.0. The SMILES string of the molecule is CN(C)C1CN(C(=O)C2CCc3c(sc4ncnc(Nc5ccn6nccc6c5Cl)c34)C2)C1. The summed E-state index contributed by atoms with van der Waals surface area (Å²) >= 11 is 8.30. The molecule has 0 spiro atoms. The molecule has 6 rings (SSSR count). The number of nitrogens with one attached hydrogen (secondary N) is 1. The number of anilines is 2. The second kappa shape index (κ2) is 7.93. The lowest BCUT2D eigenvalue weighted by molar-refractivity contribution is -0.142. The predicted molar refractivity (Wildman–Crippen MR) is 130 cm³/mol. The second-order valence-corrected chi connectivity index (χ2v) is 10.5. The van der Waals surface area contributed by atoms with E-state index in [-0.39, 0.29) is 5.92 Å². The molecule has 1 aliphatic carbocycles. The Morgan fingerprint density at radius 3 is 2.94 bits per heavy atom. The van der Waals surface area contributed by atoms with Crippen molar-refractivity contribution in [1.29, 1.82) is 0 Å². The predicted octanol–water partition coefficient (Wildman–Crippen LogP) is 3.61. The van der Waals surface area contributed by atoms with Gasteiger partial charge in [-0.05, 0) is 51.1 Å². The zero-order valence-electron chi connectivity index (χ0n) is 18.5. The van der Waals surface area contributed by atoms with Gasteiger partial charge in [0, 0.05) is 36.1 Å². The van der Waals surface area contributed by atoms with Crippen molar-refractivity contribution >= 4 is 56.1 Å². The molecule has 8 nitrogen and oxygen atoms in total. The molecule has 1 amide bonds. The molecule has 1 saturated heterocycles. The van der Waals surface area contributed by atoms with Crippen molar-refractivity contribution in [2.24, 2.45) is 5.92 Å². The van der Waals surface area contributed by atoms with E-state index < -0.39 is 0 Å². The van der Waals surface area contributed by atoms with E-state index in [0.29, 0.717) is 17.0 Å². The molecular formula is C23H24ClN7OS. The third kappa shape index (κ3) is 3.46. The molecule has 0 aromatic carbocycles. The van der Waals surface area contributed by atoms with Crippen LogP contribution in [0.25, 0.3) is 15.7 Å². The number of carbonyl (C=O) groups excluding carboxylic acids is 1. The molecule has 5 heterocycles. The Hall–Kier alpha value is -2.75. The Labute approximate surface area is 200 Å². The van der Waals surface area contributed by atoms with Crippen molar-refractivity contribution in [3.8, 4) is 0 Å². The molecule has 4 aromatic rings. The number of halogens is 1. The maximum Gasteiger partial charge on any atom is 0.226 e. The fourth-order valence-electron chi connectivity index (χ4n) is 4.82. The van der Waals surface area contributed by atoms with Gasteiger partial charge in [0.05, 0.1) is 27.8 Å². The van der Waals surface area contributed by atoms with Crippen molar-refractivity contribution in [2.75, 3.05) is 32.5 Å². The summed E-state index contributed by atoms with van der Waals surface area (Å²) in [6.07, 6.45) is 7.67. The smallest absolute Gasteiger partial charge is 0.226 e. The summed E-state index contributed by atoms with van der Waals surface area (Å²) in [4.78, 5) is 28.5. The highest BCUT2D eigenvalue weighted by molar-refractivity contribution is 7.19. The molecule has 10 heteroatoms. The molecule has 1 unspecified atom stereocenters. The number of hydrogen-bond acceptors (Lipinski definition) is 7. The van der Waals surface area contributed by atoms with Crippen LogP contribution < -0.4 is 5.32 Å². The first-order chi connectivity index (χ1) is 16.0. The first-order valence-corrected chi connectivity index (χ1v) is 12.3. The number of likely N-dealkylation sites (N-methyl/N-ethyl adjacent to an activating group) is 1. The lowest BCUT2D eigenvalue weighted by atomic mass is 9.86. The maximum absolute atomic E-state index is 13.1. The van der Waals surface area contributed by atoms with E-state index in [9.17, 15) is 4.79 Å². The normalized spacial score (nSPS) is 18.7. The van der Waals surface area contributed by atoms with E-state index in [2.05, 4.69) is 39.4 Å². The zero-order chi connectivity index (χ0) is 22.7. The van der Waals surface area contributed by atoms with Crippen molar-refractivity contribution in [3.05, 3.63) is 46.3 Å². The van der Waals surface area contributed by atoms with Gasteiger partial charge in [-0.2, -0.15) is 5.10 Å². The number of aryl methyl sites for hydroxylation is 1. The summed E-state index contributed by atoms with van der Waals surface area (Å²) in [5.74, 6) is 1.10. The summed E-state index contributed by atoms with van der Waals surface area (Å²) in [5, 5.41) is 9.30. The maximum atomic E-state index is 13.1. The van der Waals surface area contributed by atoms with Crippen LogP contribution in [0.1, 0.15) is 16.9 Å². The Bertz CT molecular complexity index is 1370. The van der Waals surface area contributed by atoms with Crippen molar-refractivity contribution in [1.82, 2.24) is 29.4 Å². The van der Waals surface area contributed by atoms with Gasteiger partial charge in [-0.3, -0.25) is 4.79 Å². The number of hydrogen-bond donors (Lipinski definition) is 1. The molecule has 170 valence electrons. The molecule has 1 N–H and O–H groups in total. The van der Waals surface area contributed by atoms with Crippen LogP contribution in [0.3, 0.4) is 0 Å². The summed E-state index contributed by atoms with van der Waals surface area (Å²) in [5.41, 5.74) is 2.88. The molecule has 4 aromatic heterocycles. The molecule has 33 heavy (non-hydrogen) atoms. The highest BCUT2D eigenvalue weighted by Crippen LogP contribution is 2.41. The quantitative estimate of drug-likeness (QED) is 0.479. The largest absolute Gasteiger partial charge is 0.339 e. The first kappa shape index (κ1) is 20.8. The van der Waals surface area contributed by atoms with Gasteiger partial charge in [0.2, 0.25) is 5.91 Å². The highest BCUT2D eigenvalue weighted by atomic mass is 35.5. The van der Waals surface area contributed by atoms with Gasteiger partial charge in [-0.25, -0.2) is 14.5 Å². The van der Waals surface area contributed by atoms with Crippen LogP contribution in [0.2, 0.25) is 5.02 Å². The number of thiophene rings is 1. The fraction of sp³-hybridized carbons (Fsp3) is 0.391. The number of nitrogens with zero attached hydrogens (tertiary/aromatic N) is 6. The van der Waals surface area contributed by atoms with Crippen LogP contribution in [-0.4, -0.2) is 68.5 Å². The number of carbonyl (C=O) groups is 1. The summed E-state index contributed by atoms with van der Waals surface area (Å²) in [7, 11) is 4.15. The Kier molecular flexibility index (Phi) is 5.01. The van der Waals surface area contributed by atoms with Gasteiger partial charge < -0.3 is 15.1 Å². The van der Waals surface area contributed by atoms with Gasteiger partial charge in [0.1, 0.15) is 17.0 Å². The Balaban J connectivity index is 1.27. The molecule has 0 saturated carbocycles. The number of rotatable bonds is 4. The second-order valence-electron chi connectivity index (χ2n) is 9.04. The minimum absolute atomic E-state index is 0.0526. The Morgan fingerprint density at radius 2 is 2.12 bits per heavy atom. The molecule has 1 fully saturated rings. The molecule has 1 atom stereocenters. The minimum atomic E-state index is 0.0526. The summed E-state index contributed by atoms with van der Waals surface area (Å²) in [6, 6.07) is 4.26. The highest BCUT2D eigenvalue weighted by Gasteiger charge is 2.37. The monoisotopic (exact) mass is 481 g/mol. The van der Waals surface area contributed by atoms with Crippen LogP contribution in [0, 0.1) is 5.92 Å². The summed E-state index contributed by atoms with van der Waals surface area (Å²) < 4.78 is 1.74. The number of amides is 1. The number of likely N-dealkylation sites (tertiary alicyclic amines) is 1. The summed E-state index contributed by atoms with van der Waals surface area (Å²) in [6.45, 7) is 1.67. The van der Waals surface area contributed by atoms with Crippen molar-refractivity contribution < 1.29 is 4.79 Å². The van der Waals surface area contributed by atoms with Gasteiger partial charge >= 0.3 is 0 Å². The Morgan fingerprint density at radius 1 is 1.27 bits per heavy atom. The van der Waals surface area contributed by atoms with Crippen LogP contribution in [0.4, 0.5) is 11.5 Å². The van der Waals surface area contributed by atoms with E-state index in [4.69, 9.17) is 11.6 Å². The van der Waals surface area contributed by atoms with Crippen LogP contribution >= 0.6 is 22.9 Å². The lowest BCUT2D eigenvalue weighted by Crippen LogP contribution is -2.60. The van der Waals surface area contributed by atoms with Crippen LogP contribution in [-0.2, 0) is 17.6 Å². The molecule has 2 aliphatic rings. The van der Waals surface area contributed by atoms with E-state index in [1.807, 2.05) is 23.2 Å². The van der Waals surface area contributed by atoms with Crippen LogP contribution in [0.15, 0.2) is 30.9 Å². The topological polar surface area (TPSA) is 78.7 Å². The standard InChI is InChI=1S/C23H24ClN7OS/c1-29(2)14-10-30(11-14)23(32)13-3-4-15-18(9-13)33-22-19(15)21(25-12-26-22)28-16-6-8-31-17(20(16)24)5-7-27-31/h5-8,12-14H,3-4,9-11H2,1-2H3,(H,25,26,28). The van der Waals surface area contributed by atoms with Gasteiger partial charge in [0.25, 0.3) is 0 Å². The third-order valence-electron chi connectivity index (χ3n) is 6.87. The van der Waals surface area contributed by atoms with Gasteiger partial charge in [0.15, 0.2) is 0 Å². The molecule has 1 aliphatic heterocycles. The number of aromatic nitrogens is 4. The molecule has 0 radical (unpaired) electrons. The average Bonchev–Trinajstić information content (AvgIpc) is 3.39. The number of pyridine rings is 1. The van der Waals surface area contributed by atoms with Gasteiger partial charge in [-0.1, -0.05) is 11.6 Å². The van der Waals surface area contributed by atoms with E-state index in [1.54, 1.807) is 28.4 Å². The van der Waals surface area contributed by atoms with Crippen molar-refractivity contribution in [3.63, 3.8) is 0 Å². The fourth-order valence-corrected chi connectivity index (χ4v) is 6.35. The van der Waals surface area contributed by atoms with Crippen LogP contribution in [0.5, 0.6) is 0 Å². The van der Waals surface area contributed by atoms with E-state index >= 15 is 0 Å². The third-order valence-corrected chi connectivity index (χ3v) is 8.43. The number of fused-ring (bicyclic) bond motifs is 4. The van der Waals surface area contributed by atoms with E-state index in [1.165, 1.54) is 10.4 Å². The minimum Gasteiger partial charge on any atom is -0.339 e. The van der Waals surface area contributed by atoms with Gasteiger partial charge in [-0.15, -0.1) is 11.3 Å². The molecule has 0 bridgehead atoms. The van der Waals surface area contributed by atoms with Crippen molar-refractivity contribution in [2.45, 2.75) is 25.3 Å². The van der Waals surface area contributed by atoms with E-state index in [0.717, 1.165) is 59.6 Å². The average molecular weight is 482 g/mol. The molecular weight excluding hydrogens is 458 g/mol.